The molecule has 1 aromatic carbocycles. The zero-order chi connectivity index (χ0) is 20.2. The zero-order valence-corrected chi connectivity index (χ0v) is 20.2. The number of rotatable bonds is 9. The van der Waals surface area contributed by atoms with E-state index in [4.69, 9.17) is 32.4 Å². The minimum absolute atomic E-state index is 0.00732. The summed E-state index contributed by atoms with van der Waals surface area (Å²) in [6.07, 6.45) is 8.38. The summed E-state index contributed by atoms with van der Waals surface area (Å²) in [5.41, 5.74) is 1.21. The van der Waals surface area contributed by atoms with Crippen LogP contribution in [0.2, 0.25) is 28.2 Å². The first-order valence-corrected chi connectivity index (χ1v) is 14.5. The first-order chi connectivity index (χ1) is 13.5. The Balaban J connectivity index is 1.76. The predicted octanol–water partition coefficient (Wildman–Crippen LogP) is 8.19. The predicted molar refractivity (Wildman–Crippen MR) is 122 cm³/mol. The molecule has 2 unspecified atom stereocenters. The number of halogens is 2. The van der Waals surface area contributed by atoms with E-state index in [0.717, 1.165) is 52.7 Å². The second kappa shape index (κ2) is 9.83. The van der Waals surface area contributed by atoms with E-state index >= 15 is 0 Å². The molecule has 1 heterocycles. The molecule has 1 saturated carbocycles. The molecule has 1 aliphatic heterocycles. The van der Waals surface area contributed by atoms with Crippen LogP contribution in [0, 0.1) is 5.92 Å². The Bertz CT molecular complexity index is 615. The van der Waals surface area contributed by atoms with E-state index in [9.17, 15) is 0 Å². The van der Waals surface area contributed by atoms with Gasteiger partial charge in [-0.05, 0) is 81.1 Å². The zero-order valence-electron chi connectivity index (χ0n) is 17.7. The van der Waals surface area contributed by atoms with E-state index < -0.39 is 8.32 Å². The highest BCUT2D eigenvalue weighted by Crippen LogP contribution is 2.46. The van der Waals surface area contributed by atoms with Crippen molar-refractivity contribution in [2.45, 2.75) is 95.6 Å². The average Bonchev–Trinajstić information content (AvgIpc) is 2.68. The van der Waals surface area contributed by atoms with Crippen molar-refractivity contribution in [1.29, 1.82) is 0 Å². The van der Waals surface area contributed by atoms with Crippen LogP contribution in [0.1, 0.15) is 77.4 Å². The number of ether oxygens (including phenoxy) is 1. The van der Waals surface area contributed by atoms with Crippen LogP contribution in [0.3, 0.4) is 0 Å². The number of benzene rings is 1. The highest BCUT2D eigenvalue weighted by Gasteiger charge is 2.42. The van der Waals surface area contributed by atoms with Gasteiger partial charge in [0, 0.05) is 22.2 Å². The van der Waals surface area contributed by atoms with Crippen LogP contribution in [0.15, 0.2) is 18.2 Å². The van der Waals surface area contributed by atoms with Gasteiger partial charge in [-0.2, -0.15) is 0 Å². The van der Waals surface area contributed by atoms with Gasteiger partial charge in [0.15, 0.2) is 8.32 Å². The van der Waals surface area contributed by atoms with Gasteiger partial charge in [0.05, 0.1) is 11.7 Å². The highest BCUT2D eigenvalue weighted by molar-refractivity contribution is 6.73. The third-order valence-electron chi connectivity index (χ3n) is 7.34. The quantitative estimate of drug-likeness (QED) is 0.358. The molecule has 2 fully saturated rings. The molecule has 1 aliphatic carbocycles. The largest absolute Gasteiger partial charge is 0.410 e. The minimum atomic E-state index is -1.76. The molecule has 2 nitrogen and oxygen atoms in total. The van der Waals surface area contributed by atoms with Crippen LogP contribution in [0.5, 0.6) is 0 Å². The minimum Gasteiger partial charge on any atom is -0.410 e. The Hall–Kier alpha value is -0.0631. The van der Waals surface area contributed by atoms with Gasteiger partial charge in [0.2, 0.25) is 0 Å². The second-order valence-corrected chi connectivity index (χ2v) is 14.3. The van der Waals surface area contributed by atoms with E-state index in [1.807, 2.05) is 18.2 Å². The summed E-state index contributed by atoms with van der Waals surface area (Å²) in [5, 5.41) is 1.48. The second-order valence-electron chi connectivity index (χ2n) is 8.81. The van der Waals surface area contributed by atoms with Crippen molar-refractivity contribution in [3.05, 3.63) is 33.8 Å². The van der Waals surface area contributed by atoms with Crippen molar-refractivity contribution in [3.8, 4) is 0 Å². The van der Waals surface area contributed by atoms with Crippen LogP contribution in [0.25, 0.3) is 0 Å². The van der Waals surface area contributed by atoms with Gasteiger partial charge >= 0.3 is 0 Å². The Kier molecular flexibility index (Phi) is 7.94. The van der Waals surface area contributed by atoms with Crippen LogP contribution >= 0.6 is 23.2 Å². The Morgan fingerprint density at radius 1 is 1.14 bits per heavy atom. The fourth-order valence-corrected chi connectivity index (χ4v) is 8.54. The lowest BCUT2D eigenvalue weighted by molar-refractivity contribution is -0.144. The van der Waals surface area contributed by atoms with Crippen molar-refractivity contribution >= 4 is 31.5 Å². The van der Waals surface area contributed by atoms with Crippen LogP contribution < -0.4 is 0 Å². The van der Waals surface area contributed by atoms with E-state index in [2.05, 4.69) is 20.8 Å². The number of hydrogen-bond acceptors (Lipinski definition) is 2. The standard InChI is InChI=1S/C23H36Cl2O2Si/c1-4-28(5-2,6-3)27-21(22-19(24)9-7-10-20(22)25)12-11-18-13-16-26-23(17-18)14-8-15-23/h7,9-10,18,21H,4-6,8,11-17H2,1-3H3. The fourth-order valence-electron chi connectivity index (χ4n) is 5.06. The molecule has 0 amide bonds. The van der Waals surface area contributed by atoms with Gasteiger partial charge < -0.3 is 9.16 Å². The molecule has 0 N–H and O–H groups in total. The highest BCUT2D eigenvalue weighted by atomic mass is 35.5. The lowest BCUT2D eigenvalue weighted by Gasteiger charge is -2.47. The van der Waals surface area contributed by atoms with Gasteiger partial charge in [0.1, 0.15) is 0 Å². The maximum Gasteiger partial charge on any atom is 0.192 e. The lowest BCUT2D eigenvalue weighted by atomic mass is 9.71. The van der Waals surface area contributed by atoms with Gasteiger partial charge in [-0.15, -0.1) is 0 Å². The summed E-state index contributed by atoms with van der Waals surface area (Å²) in [5.74, 6) is 0.724. The van der Waals surface area contributed by atoms with Crippen LogP contribution in [-0.2, 0) is 9.16 Å². The Morgan fingerprint density at radius 2 is 1.79 bits per heavy atom. The number of hydrogen-bond donors (Lipinski definition) is 0. The van der Waals surface area contributed by atoms with Crippen molar-refractivity contribution in [3.63, 3.8) is 0 Å². The molecule has 1 saturated heterocycles. The first-order valence-electron chi connectivity index (χ1n) is 11.2. The summed E-state index contributed by atoms with van der Waals surface area (Å²) in [4.78, 5) is 0. The van der Waals surface area contributed by atoms with Gasteiger partial charge in [-0.25, -0.2) is 0 Å². The van der Waals surface area contributed by atoms with Crippen molar-refractivity contribution in [2.75, 3.05) is 6.61 Å². The average molecular weight is 444 g/mol. The summed E-state index contributed by atoms with van der Waals surface area (Å²) in [6, 6.07) is 9.24. The molecule has 1 spiro atoms. The SMILES string of the molecule is CC[Si](CC)(CC)OC(CCC1CCOC2(CCC2)C1)c1c(Cl)cccc1Cl. The molecular weight excluding hydrogens is 407 g/mol. The molecule has 158 valence electrons. The van der Waals surface area contributed by atoms with Crippen LogP contribution in [0.4, 0.5) is 0 Å². The normalized spacial score (nSPS) is 22.8. The van der Waals surface area contributed by atoms with Gasteiger partial charge in [-0.3, -0.25) is 0 Å². The molecule has 2 aliphatic rings. The Morgan fingerprint density at radius 3 is 2.32 bits per heavy atom. The van der Waals surface area contributed by atoms with E-state index in [-0.39, 0.29) is 11.7 Å². The van der Waals surface area contributed by atoms with Crippen molar-refractivity contribution in [1.82, 2.24) is 0 Å². The smallest absolute Gasteiger partial charge is 0.192 e. The molecule has 0 bridgehead atoms. The molecule has 28 heavy (non-hydrogen) atoms. The monoisotopic (exact) mass is 442 g/mol. The molecule has 2 atom stereocenters. The maximum atomic E-state index is 6.96. The Labute approximate surface area is 182 Å². The van der Waals surface area contributed by atoms with Crippen LogP contribution in [-0.4, -0.2) is 20.5 Å². The summed E-state index contributed by atoms with van der Waals surface area (Å²) in [7, 11) is -1.76. The molecule has 1 aromatic rings. The molecular formula is C23H36Cl2O2Si. The first kappa shape index (κ1) is 22.6. The van der Waals surface area contributed by atoms with Gasteiger partial charge in [0.25, 0.3) is 0 Å². The third kappa shape index (κ3) is 4.98. The summed E-state index contributed by atoms with van der Waals surface area (Å²) in [6.45, 7) is 7.76. The van der Waals surface area contributed by atoms with Crippen molar-refractivity contribution < 1.29 is 9.16 Å². The molecule has 3 rings (SSSR count). The van der Waals surface area contributed by atoms with E-state index in [0.29, 0.717) is 0 Å². The lowest BCUT2D eigenvalue weighted by Crippen LogP contribution is -2.45. The molecule has 0 radical (unpaired) electrons. The topological polar surface area (TPSA) is 18.5 Å². The fraction of sp³-hybridized carbons (Fsp3) is 0.739. The van der Waals surface area contributed by atoms with Gasteiger partial charge in [-0.1, -0.05) is 50.0 Å². The third-order valence-corrected chi connectivity index (χ3v) is 12.7. The summed E-state index contributed by atoms with van der Waals surface area (Å²) >= 11 is 13.2. The maximum absolute atomic E-state index is 6.96. The molecule has 5 heteroatoms. The molecule has 0 aromatic heterocycles. The van der Waals surface area contributed by atoms with Crippen molar-refractivity contribution in [2.24, 2.45) is 5.92 Å². The van der Waals surface area contributed by atoms with E-state index in [1.54, 1.807) is 0 Å². The summed E-state index contributed by atoms with van der Waals surface area (Å²) < 4.78 is 13.1. The van der Waals surface area contributed by atoms with E-state index in [1.165, 1.54) is 38.5 Å².